The quantitative estimate of drug-likeness (QED) is 0.818. The normalized spacial score (nSPS) is 31.7. The van der Waals surface area contributed by atoms with Gasteiger partial charge in [-0.25, -0.2) is 0 Å². The lowest BCUT2D eigenvalue weighted by Gasteiger charge is -2.33. The van der Waals surface area contributed by atoms with Gasteiger partial charge in [-0.05, 0) is 25.2 Å². The molecule has 0 heterocycles. The van der Waals surface area contributed by atoms with Crippen LogP contribution in [0.15, 0.2) is 0 Å². The third kappa shape index (κ3) is 4.70. The number of hydrogen-bond acceptors (Lipinski definition) is 2. The van der Waals surface area contributed by atoms with Gasteiger partial charge in [-0.3, -0.25) is 0 Å². The summed E-state index contributed by atoms with van der Waals surface area (Å²) >= 11 is 0. The van der Waals surface area contributed by atoms with Crippen molar-refractivity contribution >= 4 is 0 Å². The molecule has 2 nitrogen and oxygen atoms in total. The molecule has 1 N–H and O–H groups in total. The SMILES string of the molecule is CCCC1CCC(O)C(OCC(F)(F)F)C1. The fraction of sp³-hybridized carbons (Fsp3) is 1.00. The Hall–Kier alpha value is -0.290. The second-order valence-corrected chi connectivity index (χ2v) is 4.50. The van der Waals surface area contributed by atoms with E-state index in [1.165, 1.54) is 0 Å². The van der Waals surface area contributed by atoms with Gasteiger partial charge < -0.3 is 9.84 Å². The molecule has 0 aromatic heterocycles. The summed E-state index contributed by atoms with van der Waals surface area (Å²) in [7, 11) is 0. The fourth-order valence-electron chi connectivity index (χ4n) is 2.25. The maximum absolute atomic E-state index is 12.0. The van der Waals surface area contributed by atoms with Crippen molar-refractivity contribution in [2.24, 2.45) is 5.92 Å². The maximum atomic E-state index is 12.0. The molecule has 1 rings (SSSR count). The predicted molar refractivity (Wildman–Crippen MR) is 54.1 cm³/mol. The molecule has 1 fully saturated rings. The zero-order valence-electron chi connectivity index (χ0n) is 9.46. The molecule has 96 valence electrons. The molecule has 5 heteroatoms. The second-order valence-electron chi connectivity index (χ2n) is 4.50. The molecule has 16 heavy (non-hydrogen) atoms. The highest BCUT2D eigenvalue weighted by Crippen LogP contribution is 2.30. The zero-order chi connectivity index (χ0) is 12.2. The number of aliphatic hydroxyl groups is 1. The van der Waals surface area contributed by atoms with E-state index in [1.54, 1.807) is 0 Å². The Labute approximate surface area is 93.8 Å². The van der Waals surface area contributed by atoms with Crippen LogP contribution in [0.2, 0.25) is 0 Å². The zero-order valence-corrected chi connectivity index (χ0v) is 9.46. The van der Waals surface area contributed by atoms with Crippen LogP contribution in [-0.2, 0) is 4.74 Å². The van der Waals surface area contributed by atoms with Crippen LogP contribution in [0, 0.1) is 5.92 Å². The van der Waals surface area contributed by atoms with E-state index in [2.05, 4.69) is 6.92 Å². The molecule has 0 aromatic carbocycles. The lowest BCUT2D eigenvalue weighted by Crippen LogP contribution is -2.38. The molecule has 0 bridgehead atoms. The molecule has 0 radical (unpaired) electrons. The highest BCUT2D eigenvalue weighted by molar-refractivity contribution is 4.80. The molecular weight excluding hydrogens is 221 g/mol. The minimum Gasteiger partial charge on any atom is -0.390 e. The van der Waals surface area contributed by atoms with Crippen LogP contribution >= 0.6 is 0 Å². The summed E-state index contributed by atoms with van der Waals surface area (Å²) in [6.45, 7) is 0.796. The van der Waals surface area contributed by atoms with Crippen molar-refractivity contribution in [1.82, 2.24) is 0 Å². The summed E-state index contributed by atoms with van der Waals surface area (Å²) in [6.07, 6.45) is -1.69. The molecule has 0 aromatic rings. The summed E-state index contributed by atoms with van der Waals surface area (Å²) in [5, 5.41) is 9.56. The van der Waals surface area contributed by atoms with Crippen LogP contribution in [0.4, 0.5) is 13.2 Å². The summed E-state index contributed by atoms with van der Waals surface area (Å²) in [4.78, 5) is 0. The highest BCUT2D eigenvalue weighted by Gasteiger charge is 2.34. The number of alkyl halides is 3. The Morgan fingerprint density at radius 3 is 2.56 bits per heavy atom. The molecule has 3 unspecified atom stereocenters. The summed E-state index contributed by atoms with van der Waals surface area (Å²) in [6, 6.07) is 0. The van der Waals surface area contributed by atoms with Gasteiger partial charge in [0.1, 0.15) is 6.61 Å². The van der Waals surface area contributed by atoms with Crippen LogP contribution in [0.25, 0.3) is 0 Å². The third-order valence-corrected chi connectivity index (χ3v) is 3.02. The molecule has 0 spiro atoms. The Morgan fingerprint density at radius 1 is 1.31 bits per heavy atom. The Morgan fingerprint density at radius 2 is 2.00 bits per heavy atom. The second kappa shape index (κ2) is 5.87. The molecule has 1 saturated carbocycles. The van der Waals surface area contributed by atoms with E-state index in [1.807, 2.05) is 0 Å². The van der Waals surface area contributed by atoms with Crippen LogP contribution in [0.5, 0.6) is 0 Å². The Kier molecular flexibility index (Phi) is 5.05. The number of aliphatic hydroxyl groups excluding tert-OH is 1. The van der Waals surface area contributed by atoms with E-state index in [0.717, 1.165) is 19.3 Å². The Balaban J connectivity index is 2.37. The average molecular weight is 240 g/mol. The molecular formula is C11H19F3O2. The lowest BCUT2D eigenvalue weighted by atomic mass is 9.83. The summed E-state index contributed by atoms with van der Waals surface area (Å²) < 4.78 is 40.7. The number of rotatable bonds is 4. The van der Waals surface area contributed by atoms with Crippen molar-refractivity contribution in [3.63, 3.8) is 0 Å². The van der Waals surface area contributed by atoms with Gasteiger partial charge in [-0.1, -0.05) is 19.8 Å². The average Bonchev–Trinajstić information content (AvgIpc) is 2.18. The predicted octanol–water partition coefficient (Wildman–Crippen LogP) is 2.90. The van der Waals surface area contributed by atoms with Crippen LogP contribution in [-0.4, -0.2) is 30.1 Å². The molecule has 1 aliphatic rings. The minimum absolute atomic E-state index is 0.395. The van der Waals surface area contributed by atoms with Crippen LogP contribution in [0.1, 0.15) is 39.0 Å². The minimum atomic E-state index is -4.31. The molecule has 0 amide bonds. The van der Waals surface area contributed by atoms with Gasteiger partial charge in [0.2, 0.25) is 0 Å². The third-order valence-electron chi connectivity index (χ3n) is 3.02. The number of hydrogen-bond donors (Lipinski definition) is 1. The monoisotopic (exact) mass is 240 g/mol. The fourth-order valence-corrected chi connectivity index (χ4v) is 2.25. The van der Waals surface area contributed by atoms with Gasteiger partial charge in [-0.15, -0.1) is 0 Å². The van der Waals surface area contributed by atoms with E-state index < -0.39 is 25.0 Å². The molecule has 1 aliphatic carbocycles. The van der Waals surface area contributed by atoms with Gasteiger partial charge in [0.25, 0.3) is 0 Å². The first-order valence-corrected chi connectivity index (χ1v) is 5.78. The van der Waals surface area contributed by atoms with Crippen molar-refractivity contribution in [3.05, 3.63) is 0 Å². The largest absolute Gasteiger partial charge is 0.411 e. The van der Waals surface area contributed by atoms with E-state index in [-0.39, 0.29) is 0 Å². The van der Waals surface area contributed by atoms with Gasteiger partial charge in [0, 0.05) is 0 Å². The van der Waals surface area contributed by atoms with E-state index in [9.17, 15) is 18.3 Å². The maximum Gasteiger partial charge on any atom is 0.411 e. The lowest BCUT2D eigenvalue weighted by molar-refractivity contribution is -0.201. The highest BCUT2D eigenvalue weighted by atomic mass is 19.4. The molecule has 0 aliphatic heterocycles. The smallest absolute Gasteiger partial charge is 0.390 e. The standard InChI is InChI=1S/C11H19F3O2/c1-2-3-8-4-5-9(15)10(6-8)16-7-11(12,13)14/h8-10,15H,2-7H2,1H3. The van der Waals surface area contributed by atoms with Crippen molar-refractivity contribution in [1.29, 1.82) is 0 Å². The van der Waals surface area contributed by atoms with Crippen molar-refractivity contribution in [3.8, 4) is 0 Å². The van der Waals surface area contributed by atoms with Crippen LogP contribution < -0.4 is 0 Å². The number of ether oxygens (including phenoxy) is 1. The van der Waals surface area contributed by atoms with E-state index >= 15 is 0 Å². The van der Waals surface area contributed by atoms with Gasteiger partial charge >= 0.3 is 6.18 Å². The van der Waals surface area contributed by atoms with Crippen molar-refractivity contribution < 1.29 is 23.0 Å². The summed E-state index contributed by atoms with van der Waals surface area (Å²) in [5.41, 5.74) is 0. The van der Waals surface area contributed by atoms with E-state index in [4.69, 9.17) is 4.74 Å². The van der Waals surface area contributed by atoms with Gasteiger partial charge in [0.15, 0.2) is 0 Å². The van der Waals surface area contributed by atoms with Crippen LogP contribution in [0.3, 0.4) is 0 Å². The first-order chi connectivity index (χ1) is 7.42. The van der Waals surface area contributed by atoms with Crippen molar-refractivity contribution in [2.75, 3.05) is 6.61 Å². The van der Waals surface area contributed by atoms with E-state index in [0.29, 0.717) is 18.8 Å². The van der Waals surface area contributed by atoms with Gasteiger partial charge in [-0.2, -0.15) is 13.2 Å². The topological polar surface area (TPSA) is 29.5 Å². The first-order valence-electron chi connectivity index (χ1n) is 5.78. The molecule has 3 atom stereocenters. The Bertz CT molecular complexity index is 206. The van der Waals surface area contributed by atoms with Gasteiger partial charge in [0.05, 0.1) is 12.2 Å². The first kappa shape index (κ1) is 13.8. The van der Waals surface area contributed by atoms with Crippen molar-refractivity contribution in [2.45, 2.75) is 57.4 Å². The molecule has 0 saturated heterocycles. The summed E-state index contributed by atoms with van der Waals surface area (Å²) in [5.74, 6) is 0.395. The number of halogens is 3.